The first-order valence-corrected chi connectivity index (χ1v) is 10.1. The van der Waals surface area contributed by atoms with Crippen molar-refractivity contribution >= 4 is 33.1 Å². The summed E-state index contributed by atoms with van der Waals surface area (Å²) >= 11 is 0. The topological polar surface area (TPSA) is 26.3 Å². The van der Waals surface area contributed by atoms with E-state index in [0.717, 1.165) is 51.1 Å². The van der Waals surface area contributed by atoms with E-state index < -0.39 is 0 Å². The summed E-state index contributed by atoms with van der Waals surface area (Å²) in [7, 11) is 0. The Labute approximate surface area is 171 Å². The lowest BCUT2D eigenvalue weighted by Gasteiger charge is -2.14. The second-order valence-electron chi connectivity index (χ2n) is 7.13. The Balaban J connectivity index is 1.91. The summed E-state index contributed by atoms with van der Waals surface area (Å²) in [5.41, 5.74) is 2.96. The van der Waals surface area contributed by atoms with E-state index in [-0.39, 0.29) is 5.97 Å². The SMILES string of the molecule is CCCCOC(=O)C=C(c1cccc2ccccc12)c1cccc2ccccc12. The summed E-state index contributed by atoms with van der Waals surface area (Å²) in [5.74, 6) is -0.297. The number of carbonyl (C=O) groups is 1. The highest BCUT2D eigenvalue weighted by Gasteiger charge is 2.14. The van der Waals surface area contributed by atoms with E-state index in [1.54, 1.807) is 6.08 Å². The number of ether oxygens (including phenoxy) is 1. The van der Waals surface area contributed by atoms with Gasteiger partial charge in [-0.1, -0.05) is 98.3 Å². The highest BCUT2D eigenvalue weighted by atomic mass is 16.5. The molecule has 0 saturated heterocycles. The van der Waals surface area contributed by atoms with Gasteiger partial charge in [-0.2, -0.15) is 0 Å². The lowest BCUT2D eigenvalue weighted by atomic mass is 9.90. The molecule has 0 N–H and O–H groups in total. The molecule has 0 saturated carbocycles. The number of fused-ring (bicyclic) bond motifs is 2. The van der Waals surface area contributed by atoms with Gasteiger partial charge in [0.2, 0.25) is 0 Å². The second kappa shape index (κ2) is 8.74. The molecule has 0 spiro atoms. The summed E-state index contributed by atoms with van der Waals surface area (Å²) in [6.07, 6.45) is 3.52. The molecular weight excluding hydrogens is 356 g/mol. The number of esters is 1. The minimum atomic E-state index is -0.297. The predicted molar refractivity (Wildman–Crippen MR) is 121 cm³/mol. The van der Waals surface area contributed by atoms with Gasteiger partial charge in [-0.3, -0.25) is 0 Å². The first-order valence-electron chi connectivity index (χ1n) is 10.1. The van der Waals surface area contributed by atoms with Crippen LogP contribution in [0.1, 0.15) is 30.9 Å². The quantitative estimate of drug-likeness (QED) is 0.210. The first kappa shape index (κ1) is 18.9. The molecular formula is C27H24O2. The third-order valence-corrected chi connectivity index (χ3v) is 5.16. The van der Waals surface area contributed by atoms with Crippen molar-refractivity contribution in [2.45, 2.75) is 19.8 Å². The molecule has 144 valence electrons. The van der Waals surface area contributed by atoms with E-state index in [0.29, 0.717) is 6.61 Å². The Morgan fingerprint density at radius 1 is 0.759 bits per heavy atom. The second-order valence-corrected chi connectivity index (χ2v) is 7.13. The number of hydrogen-bond acceptors (Lipinski definition) is 2. The molecule has 0 radical (unpaired) electrons. The molecule has 29 heavy (non-hydrogen) atoms. The largest absolute Gasteiger partial charge is 0.463 e. The average molecular weight is 380 g/mol. The number of benzene rings is 4. The molecule has 2 nitrogen and oxygen atoms in total. The minimum absolute atomic E-state index is 0.297. The average Bonchev–Trinajstić information content (AvgIpc) is 2.77. The van der Waals surface area contributed by atoms with Gasteiger partial charge in [0.25, 0.3) is 0 Å². The maximum absolute atomic E-state index is 12.6. The number of hydrogen-bond donors (Lipinski definition) is 0. The molecule has 0 aromatic heterocycles. The fourth-order valence-corrected chi connectivity index (χ4v) is 3.70. The van der Waals surface area contributed by atoms with Crippen molar-refractivity contribution in [3.8, 4) is 0 Å². The van der Waals surface area contributed by atoms with Gasteiger partial charge in [-0.05, 0) is 44.7 Å². The standard InChI is InChI=1S/C27H24O2/c1-2-3-18-29-27(28)19-26(24-16-8-12-20-10-4-6-14-22(20)24)25-17-9-13-21-11-5-7-15-23(21)25/h4-17,19H,2-3,18H2,1H3. The van der Waals surface area contributed by atoms with Gasteiger partial charge in [0, 0.05) is 6.08 Å². The van der Waals surface area contributed by atoms with Crippen LogP contribution in [0, 0.1) is 0 Å². The van der Waals surface area contributed by atoms with Crippen LogP contribution < -0.4 is 0 Å². The normalized spacial score (nSPS) is 10.8. The van der Waals surface area contributed by atoms with Gasteiger partial charge < -0.3 is 4.74 Å². The molecule has 0 aliphatic carbocycles. The Hall–Kier alpha value is -3.39. The van der Waals surface area contributed by atoms with Gasteiger partial charge in [0.15, 0.2) is 0 Å². The molecule has 0 atom stereocenters. The number of unbranched alkanes of at least 4 members (excludes halogenated alkanes) is 1. The molecule has 4 rings (SSSR count). The van der Waals surface area contributed by atoms with Crippen molar-refractivity contribution in [2.24, 2.45) is 0 Å². The third kappa shape index (κ3) is 4.07. The Bertz CT molecular complexity index is 1100. The van der Waals surface area contributed by atoms with E-state index >= 15 is 0 Å². The lowest BCUT2D eigenvalue weighted by Crippen LogP contribution is -2.04. The Morgan fingerprint density at radius 2 is 1.28 bits per heavy atom. The van der Waals surface area contributed by atoms with Crippen LogP contribution >= 0.6 is 0 Å². The fraction of sp³-hybridized carbons (Fsp3) is 0.148. The lowest BCUT2D eigenvalue weighted by molar-refractivity contribution is -0.137. The Kier molecular flexibility index (Phi) is 5.71. The summed E-state index contributed by atoms with van der Waals surface area (Å²) in [6, 6.07) is 29.0. The monoisotopic (exact) mass is 380 g/mol. The van der Waals surface area contributed by atoms with E-state index in [1.807, 2.05) is 36.4 Å². The fourth-order valence-electron chi connectivity index (χ4n) is 3.70. The summed E-state index contributed by atoms with van der Waals surface area (Å²) in [5, 5.41) is 4.54. The molecule has 0 amide bonds. The molecule has 4 aromatic carbocycles. The van der Waals surface area contributed by atoms with Crippen LogP contribution in [-0.4, -0.2) is 12.6 Å². The highest BCUT2D eigenvalue weighted by Crippen LogP contribution is 2.34. The molecule has 0 heterocycles. The van der Waals surface area contributed by atoms with E-state index in [9.17, 15) is 4.79 Å². The van der Waals surface area contributed by atoms with Crippen LogP contribution in [-0.2, 0) is 9.53 Å². The van der Waals surface area contributed by atoms with Crippen molar-refractivity contribution in [1.29, 1.82) is 0 Å². The van der Waals surface area contributed by atoms with E-state index in [4.69, 9.17) is 4.74 Å². The first-order chi connectivity index (χ1) is 14.3. The van der Waals surface area contributed by atoms with Gasteiger partial charge in [-0.15, -0.1) is 0 Å². The van der Waals surface area contributed by atoms with Crippen molar-refractivity contribution in [2.75, 3.05) is 6.61 Å². The van der Waals surface area contributed by atoms with Crippen LogP contribution in [0.25, 0.3) is 27.1 Å². The van der Waals surface area contributed by atoms with Gasteiger partial charge in [0.05, 0.1) is 6.61 Å². The van der Waals surface area contributed by atoms with Crippen LogP contribution in [0.4, 0.5) is 0 Å². The number of rotatable bonds is 6. The van der Waals surface area contributed by atoms with Crippen LogP contribution in [0.5, 0.6) is 0 Å². The van der Waals surface area contributed by atoms with Gasteiger partial charge in [-0.25, -0.2) is 4.79 Å². The van der Waals surface area contributed by atoms with Crippen LogP contribution in [0.2, 0.25) is 0 Å². The molecule has 4 aromatic rings. The summed E-state index contributed by atoms with van der Waals surface area (Å²) in [4.78, 5) is 12.6. The molecule has 0 bridgehead atoms. The highest BCUT2D eigenvalue weighted by molar-refractivity contribution is 6.08. The molecule has 0 aliphatic heterocycles. The van der Waals surface area contributed by atoms with Crippen molar-refractivity contribution in [1.82, 2.24) is 0 Å². The zero-order valence-corrected chi connectivity index (χ0v) is 16.6. The van der Waals surface area contributed by atoms with Crippen LogP contribution in [0.15, 0.2) is 91.0 Å². The van der Waals surface area contributed by atoms with Crippen molar-refractivity contribution in [3.05, 3.63) is 102 Å². The van der Waals surface area contributed by atoms with Crippen molar-refractivity contribution < 1.29 is 9.53 Å². The molecule has 0 fully saturated rings. The number of carbonyl (C=O) groups excluding carboxylic acids is 1. The maximum Gasteiger partial charge on any atom is 0.331 e. The maximum atomic E-state index is 12.6. The van der Waals surface area contributed by atoms with Gasteiger partial charge in [0.1, 0.15) is 0 Å². The smallest absolute Gasteiger partial charge is 0.331 e. The van der Waals surface area contributed by atoms with E-state index in [1.165, 1.54) is 0 Å². The van der Waals surface area contributed by atoms with Gasteiger partial charge >= 0.3 is 5.97 Å². The summed E-state index contributed by atoms with van der Waals surface area (Å²) < 4.78 is 5.46. The Morgan fingerprint density at radius 3 is 1.83 bits per heavy atom. The zero-order valence-electron chi connectivity index (χ0n) is 16.6. The minimum Gasteiger partial charge on any atom is -0.463 e. The van der Waals surface area contributed by atoms with Crippen molar-refractivity contribution in [3.63, 3.8) is 0 Å². The van der Waals surface area contributed by atoms with E-state index in [2.05, 4.69) is 55.5 Å². The molecule has 2 heteroatoms. The van der Waals surface area contributed by atoms with Crippen LogP contribution in [0.3, 0.4) is 0 Å². The zero-order chi connectivity index (χ0) is 20.1. The third-order valence-electron chi connectivity index (χ3n) is 5.16. The summed E-state index contributed by atoms with van der Waals surface area (Å²) in [6.45, 7) is 2.53. The molecule has 0 aliphatic rings. The predicted octanol–water partition coefficient (Wildman–Crippen LogP) is 6.77. The molecule has 0 unspecified atom stereocenters.